The largest absolute Gasteiger partial charge is 0.126 e. The van der Waals surface area contributed by atoms with E-state index >= 15 is 0 Å². The van der Waals surface area contributed by atoms with E-state index in [1.54, 1.807) is 35.3 Å². The monoisotopic (exact) mass is 686 g/mol. The minimum atomic E-state index is 0.635. The van der Waals surface area contributed by atoms with Crippen LogP contribution < -0.4 is 0 Å². The molecule has 0 unspecified atom stereocenters. The summed E-state index contributed by atoms with van der Waals surface area (Å²) >= 11 is 31.5. The van der Waals surface area contributed by atoms with Gasteiger partial charge in [-0.15, -0.1) is 46.7 Å². The Labute approximate surface area is 204 Å². The van der Waals surface area contributed by atoms with Gasteiger partial charge < -0.3 is 0 Å². The van der Waals surface area contributed by atoms with Crippen molar-refractivity contribution < 1.29 is 0 Å². The molecule has 0 bridgehead atoms. The Morgan fingerprint density at radius 2 is 0.960 bits per heavy atom. The standard InChI is InChI=1S/C16H12Br4Cl2S3/c17-11-5-9(6-12(18)15(11)23-3-1-21)25-10-7-13(19)16(14(20)8-10)24-4-2-22/h5-8H,1-4H2. The molecule has 2 aromatic rings. The second-order valence-electron chi connectivity index (χ2n) is 4.61. The van der Waals surface area contributed by atoms with Crippen LogP contribution in [0.5, 0.6) is 0 Å². The lowest BCUT2D eigenvalue weighted by atomic mass is 10.4. The van der Waals surface area contributed by atoms with Gasteiger partial charge >= 0.3 is 0 Å². The van der Waals surface area contributed by atoms with Gasteiger partial charge in [0.15, 0.2) is 0 Å². The number of hydrogen-bond donors (Lipinski definition) is 0. The van der Waals surface area contributed by atoms with E-state index in [-0.39, 0.29) is 0 Å². The zero-order chi connectivity index (χ0) is 18.4. The SMILES string of the molecule is ClCCSc1c(Br)cc(Sc2cc(Br)c(SCCCl)c(Br)c2)cc1Br. The van der Waals surface area contributed by atoms with Crippen molar-refractivity contribution in [3.05, 3.63) is 42.2 Å². The second kappa shape index (κ2) is 11.9. The summed E-state index contributed by atoms with van der Waals surface area (Å²) in [5.74, 6) is 3.03. The molecule has 0 aliphatic rings. The van der Waals surface area contributed by atoms with E-state index in [4.69, 9.17) is 23.2 Å². The minimum Gasteiger partial charge on any atom is -0.126 e. The lowest BCUT2D eigenvalue weighted by Crippen LogP contribution is -1.86. The summed E-state index contributed by atoms with van der Waals surface area (Å²) in [5.41, 5.74) is 0. The Kier molecular flexibility index (Phi) is 11.0. The third-order valence-corrected chi connectivity index (χ3v) is 10.4. The summed E-state index contributed by atoms with van der Waals surface area (Å²) in [6.07, 6.45) is 0. The Balaban J connectivity index is 2.22. The van der Waals surface area contributed by atoms with Gasteiger partial charge in [-0.25, -0.2) is 0 Å². The molecule has 9 heteroatoms. The summed E-state index contributed by atoms with van der Waals surface area (Å²) in [6, 6.07) is 8.57. The zero-order valence-electron chi connectivity index (χ0n) is 12.6. The third kappa shape index (κ3) is 7.07. The van der Waals surface area contributed by atoms with Gasteiger partial charge in [-0.3, -0.25) is 0 Å². The molecule has 136 valence electrons. The van der Waals surface area contributed by atoms with Gasteiger partial charge in [0.1, 0.15) is 0 Å². The van der Waals surface area contributed by atoms with Gasteiger partial charge in [-0.1, -0.05) is 11.8 Å². The average molecular weight is 691 g/mol. The molecule has 0 aromatic heterocycles. The Hall–Kier alpha value is 1.99. The highest BCUT2D eigenvalue weighted by Crippen LogP contribution is 2.43. The molecule has 0 saturated carbocycles. The molecule has 0 aliphatic carbocycles. The van der Waals surface area contributed by atoms with Crippen LogP contribution in [0.3, 0.4) is 0 Å². The van der Waals surface area contributed by atoms with Crippen molar-refractivity contribution in [2.24, 2.45) is 0 Å². The van der Waals surface area contributed by atoms with E-state index in [1.165, 1.54) is 9.79 Å². The molecule has 25 heavy (non-hydrogen) atoms. The van der Waals surface area contributed by atoms with Crippen molar-refractivity contribution in [2.75, 3.05) is 23.3 Å². The molecule has 0 heterocycles. The molecule has 0 spiro atoms. The first kappa shape index (κ1) is 23.3. The van der Waals surface area contributed by atoms with Crippen molar-refractivity contribution in [3.8, 4) is 0 Å². The molecule has 2 aromatic carbocycles. The van der Waals surface area contributed by atoms with Gasteiger partial charge in [-0.05, 0) is 88.0 Å². The van der Waals surface area contributed by atoms with E-state index in [2.05, 4.69) is 88.0 Å². The quantitative estimate of drug-likeness (QED) is 0.200. The molecular weight excluding hydrogens is 679 g/mol. The topological polar surface area (TPSA) is 0 Å². The first-order chi connectivity index (χ1) is 12.0. The van der Waals surface area contributed by atoms with E-state index in [1.807, 2.05) is 0 Å². The second-order valence-corrected chi connectivity index (χ2v) is 12.1. The first-order valence-corrected chi connectivity index (χ1v) is 14.0. The molecule has 0 radical (unpaired) electrons. The lowest BCUT2D eigenvalue weighted by molar-refractivity contribution is 1.24. The van der Waals surface area contributed by atoms with Crippen molar-refractivity contribution in [1.29, 1.82) is 0 Å². The highest BCUT2D eigenvalue weighted by molar-refractivity contribution is 9.11. The third-order valence-electron chi connectivity index (χ3n) is 2.83. The number of alkyl halides is 2. The van der Waals surface area contributed by atoms with Crippen LogP contribution in [-0.4, -0.2) is 23.3 Å². The fraction of sp³-hybridized carbons (Fsp3) is 0.250. The van der Waals surface area contributed by atoms with E-state index < -0.39 is 0 Å². The van der Waals surface area contributed by atoms with E-state index in [9.17, 15) is 0 Å². The van der Waals surface area contributed by atoms with Crippen LogP contribution in [0.1, 0.15) is 0 Å². The number of hydrogen-bond acceptors (Lipinski definition) is 3. The van der Waals surface area contributed by atoms with Crippen LogP contribution in [0.25, 0.3) is 0 Å². The lowest BCUT2D eigenvalue weighted by Gasteiger charge is -2.12. The summed E-state index contributed by atoms with van der Waals surface area (Å²) in [5, 5.41) is 0. The number of thioether (sulfide) groups is 2. The van der Waals surface area contributed by atoms with E-state index in [0.29, 0.717) is 11.8 Å². The summed E-state index contributed by atoms with van der Waals surface area (Å²) in [7, 11) is 0. The van der Waals surface area contributed by atoms with Crippen molar-refractivity contribution in [1.82, 2.24) is 0 Å². The molecule has 0 fully saturated rings. The van der Waals surface area contributed by atoms with Crippen molar-refractivity contribution >= 4 is 122 Å². The molecule has 0 aliphatic heterocycles. The minimum absolute atomic E-state index is 0.635. The molecular formula is C16H12Br4Cl2S3. The Morgan fingerprint density at radius 3 is 1.24 bits per heavy atom. The predicted molar refractivity (Wildman–Crippen MR) is 131 cm³/mol. The highest BCUT2D eigenvalue weighted by atomic mass is 79.9. The first-order valence-electron chi connectivity index (χ1n) is 6.99. The maximum absolute atomic E-state index is 5.80. The predicted octanol–water partition coefficient (Wildman–Crippen LogP) is 9.55. The fourth-order valence-electron chi connectivity index (χ4n) is 1.88. The average Bonchev–Trinajstić information content (AvgIpc) is 2.53. The Morgan fingerprint density at radius 1 is 0.640 bits per heavy atom. The summed E-state index contributed by atoms with van der Waals surface area (Å²) in [6.45, 7) is 0. The summed E-state index contributed by atoms with van der Waals surface area (Å²) in [4.78, 5) is 4.68. The van der Waals surface area contributed by atoms with Crippen LogP contribution >= 0.6 is 122 Å². The number of rotatable bonds is 8. The fourth-order valence-corrected chi connectivity index (χ4v) is 9.03. The smallest absolute Gasteiger partial charge is 0.0358 e. The van der Waals surface area contributed by atoms with Gasteiger partial charge in [0, 0.05) is 60.7 Å². The van der Waals surface area contributed by atoms with Crippen LogP contribution in [0.2, 0.25) is 0 Å². The van der Waals surface area contributed by atoms with Crippen molar-refractivity contribution in [3.63, 3.8) is 0 Å². The summed E-state index contributed by atoms with van der Waals surface area (Å²) < 4.78 is 4.30. The molecule has 0 amide bonds. The maximum atomic E-state index is 5.80. The number of halogens is 6. The molecule has 2 rings (SSSR count). The van der Waals surface area contributed by atoms with E-state index in [0.717, 1.165) is 39.2 Å². The van der Waals surface area contributed by atoms with Gasteiger partial charge in [-0.2, -0.15) is 0 Å². The molecule has 0 nitrogen and oxygen atoms in total. The zero-order valence-corrected chi connectivity index (χ0v) is 22.9. The van der Waals surface area contributed by atoms with Crippen LogP contribution in [0, 0.1) is 0 Å². The van der Waals surface area contributed by atoms with Gasteiger partial charge in [0.2, 0.25) is 0 Å². The Bertz CT molecular complexity index is 636. The van der Waals surface area contributed by atoms with Crippen molar-refractivity contribution in [2.45, 2.75) is 19.6 Å². The van der Waals surface area contributed by atoms with Crippen LogP contribution in [-0.2, 0) is 0 Å². The van der Waals surface area contributed by atoms with Gasteiger partial charge in [0.05, 0.1) is 0 Å². The normalized spacial score (nSPS) is 11.1. The maximum Gasteiger partial charge on any atom is 0.0358 e. The van der Waals surface area contributed by atoms with Gasteiger partial charge in [0.25, 0.3) is 0 Å². The van der Waals surface area contributed by atoms with Crippen LogP contribution in [0.15, 0.2) is 61.7 Å². The molecule has 0 atom stereocenters. The number of benzene rings is 2. The molecule has 0 saturated heterocycles. The van der Waals surface area contributed by atoms with Crippen LogP contribution in [0.4, 0.5) is 0 Å². The molecule has 0 N–H and O–H groups in total. The highest BCUT2D eigenvalue weighted by Gasteiger charge is 2.12.